The van der Waals surface area contributed by atoms with Gasteiger partial charge in [-0.3, -0.25) is 0 Å². The molecule has 5 nitrogen and oxygen atoms in total. The number of amides is 2. The van der Waals surface area contributed by atoms with Crippen molar-refractivity contribution in [3.63, 3.8) is 0 Å². The van der Waals surface area contributed by atoms with Crippen LogP contribution in [-0.4, -0.2) is 13.1 Å². The summed E-state index contributed by atoms with van der Waals surface area (Å²) in [5, 5.41) is 5.30. The molecular weight excluding hydrogens is 273 g/mol. The molecule has 0 saturated heterocycles. The van der Waals surface area contributed by atoms with Crippen molar-refractivity contribution in [2.24, 2.45) is 5.73 Å². The Morgan fingerprint density at radius 3 is 2.62 bits per heavy atom. The van der Waals surface area contributed by atoms with Crippen LogP contribution < -0.4 is 21.1 Å². The third kappa shape index (κ3) is 3.70. The quantitative estimate of drug-likeness (QED) is 0.810. The third-order valence-electron chi connectivity index (χ3n) is 2.89. The number of rotatable bonds is 4. The van der Waals surface area contributed by atoms with E-state index in [-0.39, 0.29) is 6.54 Å². The van der Waals surface area contributed by atoms with E-state index in [0.29, 0.717) is 22.7 Å². The lowest BCUT2D eigenvalue weighted by molar-refractivity contribution is 0.262. The summed E-state index contributed by atoms with van der Waals surface area (Å²) >= 11 is 0. The van der Waals surface area contributed by atoms with Crippen LogP contribution in [0.25, 0.3) is 0 Å². The Kier molecular flexibility index (Phi) is 4.73. The first kappa shape index (κ1) is 14.8. The Balaban J connectivity index is 2.12. The number of urea groups is 1. The third-order valence-corrected chi connectivity index (χ3v) is 2.89. The fourth-order valence-corrected chi connectivity index (χ4v) is 1.88. The van der Waals surface area contributed by atoms with Crippen LogP contribution in [0.2, 0.25) is 0 Å². The maximum absolute atomic E-state index is 13.1. The van der Waals surface area contributed by atoms with Crippen molar-refractivity contribution in [3.8, 4) is 5.75 Å². The number of carbonyl (C=O) groups is 1. The van der Waals surface area contributed by atoms with E-state index in [0.717, 1.165) is 0 Å². The molecule has 6 heteroatoms. The van der Waals surface area contributed by atoms with Crippen LogP contribution in [0.4, 0.5) is 20.6 Å². The maximum atomic E-state index is 13.1. The second-order valence-electron chi connectivity index (χ2n) is 4.29. The molecule has 0 saturated carbocycles. The molecule has 0 aromatic heterocycles. The van der Waals surface area contributed by atoms with Crippen molar-refractivity contribution >= 4 is 17.4 Å². The molecular formula is C15H16FN3O2. The second-order valence-corrected chi connectivity index (χ2v) is 4.29. The first-order chi connectivity index (χ1) is 10.1. The zero-order valence-corrected chi connectivity index (χ0v) is 11.5. The standard InChI is InChI=1S/C15H16FN3O2/c1-21-14-5-3-2-4-13(14)19-15(20)18-12-7-6-11(16)8-10(12)9-17/h2-8H,9,17H2,1H3,(H2,18,19,20). The van der Waals surface area contributed by atoms with Gasteiger partial charge >= 0.3 is 6.03 Å². The number of nitrogens with two attached hydrogens (primary N) is 1. The number of para-hydroxylation sites is 2. The minimum Gasteiger partial charge on any atom is -0.495 e. The molecule has 2 aromatic rings. The minimum atomic E-state index is -0.458. The van der Waals surface area contributed by atoms with Crippen LogP contribution in [-0.2, 0) is 6.54 Å². The van der Waals surface area contributed by atoms with Gasteiger partial charge in [0.1, 0.15) is 11.6 Å². The van der Waals surface area contributed by atoms with E-state index in [1.165, 1.54) is 25.3 Å². The molecule has 0 aliphatic heterocycles. The number of halogens is 1. The molecule has 0 aliphatic rings. The van der Waals surface area contributed by atoms with Gasteiger partial charge in [-0.15, -0.1) is 0 Å². The Hall–Kier alpha value is -2.60. The molecule has 0 radical (unpaired) electrons. The molecule has 0 heterocycles. The molecule has 2 amide bonds. The summed E-state index contributed by atoms with van der Waals surface area (Å²) in [6.45, 7) is 0.127. The first-order valence-electron chi connectivity index (χ1n) is 6.33. The van der Waals surface area contributed by atoms with Crippen LogP contribution in [0, 0.1) is 5.82 Å². The molecule has 4 N–H and O–H groups in total. The molecule has 0 spiro atoms. The lowest BCUT2D eigenvalue weighted by atomic mass is 10.1. The van der Waals surface area contributed by atoms with Crippen molar-refractivity contribution in [3.05, 3.63) is 53.8 Å². The second kappa shape index (κ2) is 6.71. The van der Waals surface area contributed by atoms with E-state index in [4.69, 9.17) is 10.5 Å². The Labute approximate surface area is 121 Å². The number of benzene rings is 2. The van der Waals surface area contributed by atoms with Gasteiger partial charge in [0.05, 0.1) is 12.8 Å². The summed E-state index contributed by atoms with van der Waals surface area (Å²) in [5.74, 6) is 0.150. The fourth-order valence-electron chi connectivity index (χ4n) is 1.88. The zero-order valence-electron chi connectivity index (χ0n) is 11.5. The summed E-state index contributed by atoms with van der Waals surface area (Å²) in [4.78, 5) is 12.0. The highest BCUT2D eigenvalue weighted by atomic mass is 19.1. The van der Waals surface area contributed by atoms with Crippen LogP contribution >= 0.6 is 0 Å². The summed E-state index contributed by atoms with van der Waals surface area (Å²) in [7, 11) is 1.52. The predicted molar refractivity (Wildman–Crippen MR) is 79.9 cm³/mol. The zero-order chi connectivity index (χ0) is 15.2. The molecule has 2 rings (SSSR count). The molecule has 0 aliphatic carbocycles. The Bertz CT molecular complexity index is 647. The van der Waals surface area contributed by atoms with Gasteiger partial charge in [-0.05, 0) is 35.9 Å². The van der Waals surface area contributed by atoms with E-state index < -0.39 is 11.8 Å². The van der Waals surface area contributed by atoms with Crippen LogP contribution in [0.5, 0.6) is 5.75 Å². The van der Waals surface area contributed by atoms with E-state index in [1.54, 1.807) is 24.3 Å². The normalized spacial score (nSPS) is 10.0. The van der Waals surface area contributed by atoms with E-state index >= 15 is 0 Å². The number of methoxy groups -OCH3 is 1. The Morgan fingerprint density at radius 1 is 1.19 bits per heavy atom. The summed E-state index contributed by atoms with van der Waals surface area (Å²) < 4.78 is 18.3. The minimum absolute atomic E-state index is 0.127. The van der Waals surface area contributed by atoms with E-state index in [2.05, 4.69) is 10.6 Å². The summed E-state index contributed by atoms with van der Waals surface area (Å²) in [5.41, 5.74) is 7.05. The monoisotopic (exact) mass is 289 g/mol. The predicted octanol–water partition coefficient (Wildman–Crippen LogP) is 2.94. The topological polar surface area (TPSA) is 76.4 Å². The molecule has 0 bridgehead atoms. The van der Waals surface area contributed by atoms with Crippen molar-refractivity contribution < 1.29 is 13.9 Å². The number of hydrogen-bond acceptors (Lipinski definition) is 3. The van der Waals surface area contributed by atoms with E-state index in [9.17, 15) is 9.18 Å². The highest BCUT2D eigenvalue weighted by molar-refractivity contribution is 6.01. The summed E-state index contributed by atoms with van der Waals surface area (Å²) in [6, 6.07) is 10.6. The van der Waals surface area contributed by atoms with Crippen molar-refractivity contribution in [2.75, 3.05) is 17.7 Å². The van der Waals surface area contributed by atoms with Gasteiger partial charge in [0, 0.05) is 12.2 Å². The average molecular weight is 289 g/mol. The van der Waals surface area contributed by atoms with Gasteiger partial charge in [-0.2, -0.15) is 0 Å². The molecule has 21 heavy (non-hydrogen) atoms. The largest absolute Gasteiger partial charge is 0.495 e. The number of anilines is 2. The van der Waals surface area contributed by atoms with Crippen molar-refractivity contribution in [1.29, 1.82) is 0 Å². The molecule has 2 aromatic carbocycles. The van der Waals surface area contributed by atoms with Gasteiger partial charge < -0.3 is 21.1 Å². The smallest absolute Gasteiger partial charge is 0.323 e. The molecule has 0 unspecified atom stereocenters. The molecule has 110 valence electrons. The fraction of sp³-hybridized carbons (Fsp3) is 0.133. The summed E-state index contributed by atoms with van der Waals surface area (Å²) in [6.07, 6.45) is 0. The van der Waals surface area contributed by atoms with Gasteiger partial charge in [0.2, 0.25) is 0 Å². The highest BCUT2D eigenvalue weighted by Crippen LogP contribution is 2.23. The lowest BCUT2D eigenvalue weighted by Crippen LogP contribution is -2.21. The number of carbonyl (C=O) groups excluding carboxylic acids is 1. The van der Waals surface area contributed by atoms with Crippen molar-refractivity contribution in [1.82, 2.24) is 0 Å². The lowest BCUT2D eigenvalue weighted by Gasteiger charge is -2.13. The maximum Gasteiger partial charge on any atom is 0.323 e. The van der Waals surface area contributed by atoms with Crippen molar-refractivity contribution in [2.45, 2.75) is 6.54 Å². The molecule has 0 fully saturated rings. The van der Waals surface area contributed by atoms with Crippen LogP contribution in [0.15, 0.2) is 42.5 Å². The number of ether oxygens (including phenoxy) is 1. The van der Waals surface area contributed by atoms with Gasteiger partial charge in [-0.25, -0.2) is 9.18 Å². The average Bonchev–Trinajstić information content (AvgIpc) is 2.49. The van der Waals surface area contributed by atoms with Gasteiger partial charge in [0.25, 0.3) is 0 Å². The van der Waals surface area contributed by atoms with Gasteiger partial charge in [-0.1, -0.05) is 12.1 Å². The SMILES string of the molecule is COc1ccccc1NC(=O)Nc1ccc(F)cc1CN. The molecule has 0 atom stereocenters. The number of nitrogens with one attached hydrogen (secondary N) is 2. The first-order valence-corrected chi connectivity index (χ1v) is 6.33. The number of hydrogen-bond donors (Lipinski definition) is 3. The Morgan fingerprint density at radius 2 is 1.90 bits per heavy atom. The van der Waals surface area contributed by atoms with Crippen LogP contribution in [0.1, 0.15) is 5.56 Å². The highest BCUT2D eigenvalue weighted by Gasteiger charge is 2.09. The van der Waals surface area contributed by atoms with Crippen LogP contribution in [0.3, 0.4) is 0 Å². The van der Waals surface area contributed by atoms with E-state index in [1.807, 2.05) is 0 Å². The van der Waals surface area contributed by atoms with Gasteiger partial charge in [0.15, 0.2) is 0 Å².